The van der Waals surface area contributed by atoms with Gasteiger partial charge in [0.1, 0.15) is 29.5 Å². The van der Waals surface area contributed by atoms with E-state index in [1.807, 2.05) is 43.5 Å². The number of amides is 1. The van der Waals surface area contributed by atoms with Crippen molar-refractivity contribution in [2.75, 3.05) is 37.7 Å². The number of carbonyl (C=O) groups is 1. The van der Waals surface area contributed by atoms with Gasteiger partial charge in [-0.05, 0) is 87.8 Å². The molecule has 3 aromatic rings. The molecule has 196 valence electrons. The summed E-state index contributed by atoms with van der Waals surface area (Å²) in [6.45, 7) is 10.1. The minimum absolute atomic E-state index is 0.279. The molecular formula is C28H39N3O4S. The summed E-state index contributed by atoms with van der Waals surface area (Å²) < 4.78 is 19.9. The van der Waals surface area contributed by atoms with Crippen molar-refractivity contribution in [3.8, 4) is 11.5 Å². The molecule has 1 aliphatic rings. The second-order valence-electron chi connectivity index (χ2n) is 11.3. The van der Waals surface area contributed by atoms with Gasteiger partial charge in [-0.3, -0.25) is 0 Å². The van der Waals surface area contributed by atoms with Gasteiger partial charge in [-0.2, -0.15) is 0 Å². The molecule has 8 heteroatoms. The lowest BCUT2D eigenvalue weighted by atomic mass is 10.00. The van der Waals surface area contributed by atoms with E-state index >= 15 is 0 Å². The van der Waals surface area contributed by atoms with E-state index in [4.69, 9.17) is 14.2 Å². The fourth-order valence-electron chi connectivity index (χ4n) is 4.24. The molecule has 2 aromatic heterocycles. The summed E-state index contributed by atoms with van der Waals surface area (Å²) in [7, 11) is -0.579. The lowest BCUT2D eigenvalue weighted by Gasteiger charge is -2.31. The first-order chi connectivity index (χ1) is 16.9. The van der Waals surface area contributed by atoms with Crippen molar-refractivity contribution in [1.82, 2.24) is 14.5 Å². The van der Waals surface area contributed by atoms with Crippen LogP contribution in [0.15, 0.2) is 36.7 Å². The monoisotopic (exact) mass is 513 g/mol. The third kappa shape index (κ3) is 6.53. The molecule has 1 aromatic carbocycles. The first-order valence-corrected chi connectivity index (χ1v) is 15.4. The Balaban J connectivity index is 1.50. The zero-order valence-corrected chi connectivity index (χ0v) is 23.4. The van der Waals surface area contributed by atoms with Crippen LogP contribution in [0.25, 0.3) is 11.0 Å². The summed E-state index contributed by atoms with van der Waals surface area (Å²) in [6.07, 6.45) is 11.3. The van der Waals surface area contributed by atoms with E-state index in [2.05, 4.69) is 42.9 Å². The molecule has 0 saturated heterocycles. The quantitative estimate of drug-likeness (QED) is 0.357. The molecule has 0 N–H and O–H groups in total. The Morgan fingerprint density at radius 2 is 1.92 bits per heavy atom. The van der Waals surface area contributed by atoms with Crippen molar-refractivity contribution >= 4 is 27.2 Å². The molecule has 0 radical (unpaired) electrons. The van der Waals surface area contributed by atoms with E-state index in [1.165, 1.54) is 5.56 Å². The summed E-state index contributed by atoms with van der Waals surface area (Å²) in [6, 6.07) is 8.02. The number of hydrogen-bond donors (Lipinski definition) is 0. The summed E-state index contributed by atoms with van der Waals surface area (Å²) >= 11 is 0. The third-order valence-electron chi connectivity index (χ3n) is 6.05. The maximum absolute atomic E-state index is 12.6. The van der Waals surface area contributed by atoms with Crippen LogP contribution in [0, 0.1) is 6.92 Å². The number of aryl methyl sites for hydroxylation is 1. The van der Waals surface area contributed by atoms with Crippen LogP contribution in [0.4, 0.5) is 4.79 Å². The van der Waals surface area contributed by atoms with Gasteiger partial charge < -0.3 is 23.7 Å². The normalized spacial score (nSPS) is 14.6. The Morgan fingerprint density at radius 3 is 2.64 bits per heavy atom. The Kier molecular flexibility index (Phi) is 7.57. The molecule has 0 saturated carbocycles. The van der Waals surface area contributed by atoms with Crippen LogP contribution >= 0.6 is 10.0 Å². The number of carbonyl (C=O) groups excluding carboxylic acids is 1. The summed E-state index contributed by atoms with van der Waals surface area (Å²) in [4.78, 5) is 19.0. The van der Waals surface area contributed by atoms with Crippen LogP contribution < -0.4 is 4.74 Å². The largest absolute Gasteiger partial charge is 0.457 e. The van der Waals surface area contributed by atoms with Crippen molar-refractivity contribution < 1.29 is 19.0 Å². The Labute approximate surface area is 216 Å². The smallest absolute Gasteiger partial charge is 0.410 e. The average molecular weight is 514 g/mol. The minimum Gasteiger partial charge on any atom is -0.457 e. The van der Waals surface area contributed by atoms with Crippen molar-refractivity contribution in [2.24, 2.45) is 0 Å². The number of nitrogens with zero attached hydrogens (tertiary/aromatic N) is 3. The summed E-state index contributed by atoms with van der Waals surface area (Å²) in [5, 5.41) is 0.982. The van der Waals surface area contributed by atoms with Gasteiger partial charge in [0.2, 0.25) is 0 Å². The highest BCUT2D eigenvalue weighted by atomic mass is 32.3. The highest BCUT2D eigenvalue weighted by molar-refractivity contribution is 8.32. The zero-order chi connectivity index (χ0) is 26.1. The van der Waals surface area contributed by atoms with Crippen molar-refractivity contribution in [1.29, 1.82) is 0 Å². The first kappa shape index (κ1) is 26.4. The number of pyridine rings is 1. The van der Waals surface area contributed by atoms with Crippen LogP contribution in [-0.2, 0) is 29.2 Å². The predicted octanol–water partition coefficient (Wildman–Crippen LogP) is 6.10. The maximum atomic E-state index is 12.6. The van der Waals surface area contributed by atoms with Gasteiger partial charge in [-0.25, -0.2) is 19.8 Å². The zero-order valence-electron chi connectivity index (χ0n) is 22.6. The summed E-state index contributed by atoms with van der Waals surface area (Å²) in [5.41, 5.74) is 3.74. The second kappa shape index (κ2) is 10.3. The van der Waals surface area contributed by atoms with Crippen LogP contribution in [0.5, 0.6) is 11.5 Å². The molecular weight excluding hydrogens is 474 g/mol. The molecule has 3 heterocycles. The average Bonchev–Trinajstić information content (AvgIpc) is 3.11. The second-order valence-corrected chi connectivity index (χ2v) is 15.9. The summed E-state index contributed by atoms with van der Waals surface area (Å²) in [5.74, 6) is 2.58. The number of hydrogen-bond acceptors (Lipinski definition) is 5. The fourth-order valence-corrected chi connectivity index (χ4v) is 4.86. The van der Waals surface area contributed by atoms with E-state index in [0.29, 0.717) is 19.8 Å². The Morgan fingerprint density at radius 1 is 1.14 bits per heavy atom. The van der Waals surface area contributed by atoms with Gasteiger partial charge in [0.05, 0.1) is 12.0 Å². The molecule has 1 aliphatic heterocycles. The molecule has 0 aliphatic carbocycles. The number of rotatable bonds is 7. The van der Waals surface area contributed by atoms with E-state index in [-0.39, 0.29) is 6.09 Å². The lowest BCUT2D eigenvalue weighted by molar-refractivity contribution is 0.0224. The lowest BCUT2D eigenvalue weighted by Crippen LogP contribution is -2.39. The van der Waals surface area contributed by atoms with E-state index < -0.39 is 15.6 Å². The van der Waals surface area contributed by atoms with Crippen molar-refractivity contribution in [3.63, 3.8) is 0 Å². The van der Waals surface area contributed by atoms with Crippen LogP contribution in [0.3, 0.4) is 0 Å². The Hall–Kier alpha value is -2.71. The molecule has 36 heavy (non-hydrogen) atoms. The number of fused-ring (bicyclic) bond motifs is 2. The van der Waals surface area contributed by atoms with E-state index in [1.54, 1.807) is 11.1 Å². The number of benzene rings is 1. The third-order valence-corrected chi connectivity index (χ3v) is 7.44. The van der Waals surface area contributed by atoms with Gasteiger partial charge >= 0.3 is 6.09 Å². The predicted molar refractivity (Wildman–Crippen MR) is 148 cm³/mol. The molecule has 1 amide bonds. The highest BCUT2D eigenvalue weighted by Crippen LogP contribution is 2.35. The topological polar surface area (TPSA) is 65.8 Å². The minimum atomic E-state index is -0.579. The molecule has 0 bridgehead atoms. The fraction of sp³-hybridized carbons (Fsp3) is 0.500. The van der Waals surface area contributed by atoms with Gasteiger partial charge in [-0.15, -0.1) is 0 Å². The van der Waals surface area contributed by atoms with Crippen molar-refractivity contribution in [2.45, 2.75) is 53.0 Å². The molecule has 4 rings (SSSR count). The van der Waals surface area contributed by atoms with Gasteiger partial charge in [0, 0.05) is 31.2 Å². The van der Waals surface area contributed by atoms with Crippen LogP contribution in [0.2, 0.25) is 0 Å². The standard InChI is InChI=1S/C28H39N3O4S/c1-20-17-31(19-33-14-15-36(5,6)7)26-25(20)24(10-12-29-26)34-23-9-8-21-11-13-30(18-22(21)16-23)27(32)35-28(2,3)4/h8-10,12,16-17H,11,13-15,18-19H2,1-7H3. The Bertz CT molecular complexity index is 1240. The van der Waals surface area contributed by atoms with Gasteiger partial charge in [0.15, 0.2) is 0 Å². The number of aromatic nitrogens is 2. The van der Waals surface area contributed by atoms with Crippen molar-refractivity contribution in [3.05, 3.63) is 53.3 Å². The molecule has 7 nitrogen and oxygen atoms in total. The SMILES string of the molecule is Cc1cn(COCCS(C)(C)C)c2nccc(Oc3ccc4c(c3)CN(C(=O)OC(C)(C)C)CC4)c12. The molecule has 0 atom stereocenters. The highest BCUT2D eigenvalue weighted by Gasteiger charge is 2.26. The van der Waals surface area contributed by atoms with Crippen LogP contribution in [0.1, 0.15) is 37.5 Å². The molecule has 0 unspecified atom stereocenters. The first-order valence-electron chi connectivity index (χ1n) is 12.4. The maximum Gasteiger partial charge on any atom is 0.410 e. The molecule has 0 spiro atoms. The van der Waals surface area contributed by atoms with Gasteiger partial charge in [0.25, 0.3) is 0 Å². The van der Waals surface area contributed by atoms with Crippen LogP contribution in [-0.4, -0.2) is 63.8 Å². The van der Waals surface area contributed by atoms with E-state index in [0.717, 1.165) is 52.4 Å². The van der Waals surface area contributed by atoms with Gasteiger partial charge in [-0.1, -0.05) is 6.07 Å². The number of ether oxygens (including phenoxy) is 3. The molecule has 0 fully saturated rings. The van der Waals surface area contributed by atoms with E-state index in [9.17, 15) is 4.79 Å².